The van der Waals surface area contributed by atoms with Crippen molar-refractivity contribution in [1.29, 1.82) is 0 Å². The molecule has 0 radical (unpaired) electrons. The van der Waals surface area contributed by atoms with Crippen LogP contribution < -0.4 is 5.32 Å². The van der Waals surface area contributed by atoms with E-state index in [1.54, 1.807) is 0 Å². The Balaban J connectivity index is 6.29. The van der Waals surface area contributed by atoms with Crippen molar-refractivity contribution in [2.45, 2.75) is 44.8 Å². The van der Waals surface area contributed by atoms with Gasteiger partial charge in [-0.1, -0.05) is 0 Å². The van der Waals surface area contributed by atoms with E-state index < -0.39 is 48.8 Å². The highest BCUT2D eigenvalue weighted by atomic mass is 31.2. The second-order valence-electron chi connectivity index (χ2n) is 5.80. The molecule has 0 aliphatic rings. The first-order valence-corrected chi connectivity index (χ1v) is 8.21. The molecule has 0 fully saturated rings. The van der Waals surface area contributed by atoms with Gasteiger partial charge in [-0.25, -0.2) is 0 Å². The zero-order chi connectivity index (χ0) is 21.1. The predicted molar refractivity (Wildman–Crippen MR) is 76.2 cm³/mol. The third-order valence-corrected chi connectivity index (χ3v) is 4.39. The lowest BCUT2D eigenvalue weighted by molar-refractivity contribution is -0.319. The molecule has 0 heterocycles. The molecule has 0 aliphatic heterocycles. The molecule has 0 rings (SSSR count). The van der Waals surface area contributed by atoms with Crippen LogP contribution in [0.25, 0.3) is 0 Å². The van der Waals surface area contributed by atoms with E-state index in [1.165, 1.54) is 20.8 Å². The molecule has 0 spiro atoms. The number of amides is 1. The summed E-state index contributed by atoms with van der Waals surface area (Å²) in [7, 11) is -3.39. The van der Waals surface area contributed by atoms with Crippen LogP contribution in [0.5, 0.6) is 0 Å². The highest BCUT2D eigenvalue weighted by molar-refractivity contribution is 7.60. The fourth-order valence-corrected chi connectivity index (χ4v) is 2.59. The van der Waals surface area contributed by atoms with E-state index in [2.05, 4.69) is 19.1 Å². The van der Waals surface area contributed by atoms with Crippen LogP contribution in [-0.2, 0) is 23.1 Å². The Bertz CT molecular complexity index is 572. The summed E-state index contributed by atoms with van der Waals surface area (Å²) in [6.07, 6.45) is -16.4. The Kier molecular flexibility index (Phi) is 7.60. The molecule has 0 saturated carbocycles. The quantitative estimate of drug-likeness (QED) is 0.297. The molecule has 1 amide bonds. The van der Waals surface area contributed by atoms with Crippen molar-refractivity contribution in [2.24, 2.45) is 0 Å². The third kappa shape index (κ3) is 6.69. The van der Waals surface area contributed by atoms with Gasteiger partial charge in [0, 0.05) is 19.8 Å². The SMILES string of the molecule is COP(=O)(OC)/C(C(=O)NC(C)(C)C)=C(/O)OC(C(F)(F)F)C(F)(F)F. The lowest BCUT2D eigenvalue weighted by Gasteiger charge is -2.26. The van der Waals surface area contributed by atoms with E-state index in [1.807, 2.05) is 0 Å². The fourth-order valence-electron chi connectivity index (χ4n) is 1.48. The van der Waals surface area contributed by atoms with Gasteiger partial charge in [0.2, 0.25) is 5.31 Å². The Morgan fingerprint density at radius 2 is 1.38 bits per heavy atom. The van der Waals surface area contributed by atoms with Gasteiger partial charge in [0.15, 0.2) is 0 Å². The summed E-state index contributed by atoms with van der Waals surface area (Å²) in [5.74, 6) is -3.71. The Hall–Kier alpha value is -1.46. The van der Waals surface area contributed by atoms with Gasteiger partial charge < -0.3 is 24.2 Å². The molecule has 7 nitrogen and oxygen atoms in total. The van der Waals surface area contributed by atoms with E-state index in [0.29, 0.717) is 14.2 Å². The van der Waals surface area contributed by atoms with Crippen molar-refractivity contribution >= 4 is 13.5 Å². The van der Waals surface area contributed by atoms with Gasteiger partial charge in [-0.2, -0.15) is 26.3 Å². The van der Waals surface area contributed by atoms with E-state index in [0.717, 1.165) is 0 Å². The van der Waals surface area contributed by atoms with Gasteiger partial charge in [-0.05, 0) is 20.8 Å². The first-order chi connectivity index (χ1) is 11.4. The minimum Gasteiger partial charge on any atom is -0.480 e. The van der Waals surface area contributed by atoms with Crippen LogP contribution in [0.4, 0.5) is 26.3 Å². The minimum atomic E-state index is -5.98. The van der Waals surface area contributed by atoms with Crippen LogP contribution in [-0.4, -0.2) is 49.2 Å². The number of nitrogens with one attached hydrogen (secondary N) is 1. The topological polar surface area (TPSA) is 94.1 Å². The number of carbonyl (C=O) groups is 1. The van der Waals surface area contributed by atoms with Gasteiger partial charge in [0.25, 0.3) is 18.0 Å². The third-order valence-electron chi connectivity index (χ3n) is 2.48. The van der Waals surface area contributed by atoms with Crippen LogP contribution in [0.2, 0.25) is 0 Å². The average molecular weight is 417 g/mol. The maximum atomic E-state index is 12.6. The first kappa shape index (κ1) is 24.5. The summed E-state index contributed by atoms with van der Waals surface area (Å²) in [6.45, 7) is 4.21. The average Bonchev–Trinajstić information content (AvgIpc) is 2.40. The summed E-state index contributed by atoms with van der Waals surface area (Å²) >= 11 is 0. The molecule has 0 aromatic carbocycles. The molecule has 0 atom stereocenters. The molecule has 154 valence electrons. The maximum Gasteiger partial charge on any atom is 0.434 e. The number of ether oxygens (including phenoxy) is 1. The molecule has 0 aromatic heterocycles. The lowest BCUT2D eigenvalue weighted by Crippen LogP contribution is -2.45. The van der Waals surface area contributed by atoms with Gasteiger partial charge in [-0.3, -0.25) is 9.36 Å². The summed E-state index contributed by atoms with van der Waals surface area (Å²) in [6, 6.07) is 0. The van der Waals surface area contributed by atoms with Crippen LogP contribution in [0.1, 0.15) is 20.8 Å². The molecule has 26 heavy (non-hydrogen) atoms. The standard InChI is InChI=1S/C12H18F6NO6P/c1-10(2,3)19-7(20)6(26(22,23-4)24-5)8(21)25-9(11(13,14)15)12(16,17)18/h9,21H,1-5H3,(H,19,20)/b8-6-. The molecule has 0 aromatic rings. The second kappa shape index (κ2) is 8.05. The van der Waals surface area contributed by atoms with Gasteiger partial charge in [0.05, 0.1) is 0 Å². The van der Waals surface area contributed by atoms with Gasteiger partial charge in [0.1, 0.15) is 0 Å². The second-order valence-corrected chi connectivity index (χ2v) is 7.97. The summed E-state index contributed by atoms with van der Waals surface area (Å²) < 4.78 is 100.0. The van der Waals surface area contributed by atoms with Crippen molar-refractivity contribution in [3.05, 3.63) is 11.3 Å². The number of hydrogen-bond donors (Lipinski definition) is 2. The zero-order valence-corrected chi connectivity index (χ0v) is 15.2. The highest BCUT2D eigenvalue weighted by Gasteiger charge is 2.60. The van der Waals surface area contributed by atoms with E-state index in [4.69, 9.17) is 0 Å². The lowest BCUT2D eigenvalue weighted by atomic mass is 10.1. The molecule has 2 N–H and O–H groups in total. The Morgan fingerprint density at radius 1 is 1.00 bits per heavy atom. The molecule has 0 saturated heterocycles. The molecular formula is C12H18F6NO6P. The fraction of sp³-hybridized carbons (Fsp3) is 0.750. The van der Waals surface area contributed by atoms with Gasteiger partial charge >= 0.3 is 19.9 Å². The monoisotopic (exact) mass is 417 g/mol. The number of carbonyl (C=O) groups excluding carboxylic acids is 1. The Labute approximate surface area is 144 Å². The van der Waals surface area contributed by atoms with Gasteiger partial charge in [-0.15, -0.1) is 0 Å². The van der Waals surface area contributed by atoms with Crippen molar-refractivity contribution < 1.29 is 54.6 Å². The molecule has 14 heteroatoms. The summed E-state index contributed by atoms with van der Waals surface area (Å²) in [5, 5.41) is 10.2. The van der Waals surface area contributed by atoms with Crippen LogP contribution in [0, 0.1) is 0 Å². The predicted octanol–water partition coefficient (Wildman–Crippen LogP) is 3.62. The number of alkyl halides is 6. The minimum absolute atomic E-state index is 0.701. The smallest absolute Gasteiger partial charge is 0.434 e. The summed E-state index contributed by atoms with van der Waals surface area (Å²) in [4.78, 5) is 12.1. The Morgan fingerprint density at radius 3 is 1.65 bits per heavy atom. The maximum absolute atomic E-state index is 12.6. The summed E-state index contributed by atoms with van der Waals surface area (Å²) in [5.41, 5.74) is -1.07. The van der Waals surface area contributed by atoms with Crippen LogP contribution in [0.3, 0.4) is 0 Å². The largest absolute Gasteiger partial charge is 0.480 e. The number of halogens is 6. The van der Waals surface area contributed by atoms with Crippen molar-refractivity contribution in [3.8, 4) is 0 Å². The number of aliphatic hydroxyl groups is 1. The number of hydrogen-bond acceptors (Lipinski definition) is 6. The molecule has 0 aliphatic carbocycles. The first-order valence-electron chi connectivity index (χ1n) is 6.67. The normalized spacial score (nSPS) is 14.9. The zero-order valence-electron chi connectivity index (χ0n) is 14.3. The van der Waals surface area contributed by atoms with Crippen LogP contribution >= 0.6 is 7.60 Å². The van der Waals surface area contributed by atoms with Crippen LogP contribution in [0.15, 0.2) is 11.3 Å². The van der Waals surface area contributed by atoms with E-state index >= 15 is 0 Å². The van der Waals surface area contributed by atoms with Crippen molar-refractivity contribution in [3.63, 3.8) is 0 Å². The molecular weight excluding hydrogens is 399 g/mol. The highest BCUT2D eigenvalue weighted by Crippen LogP contribution is 2.56. The van der Waals surface area contributed by atoms with E-state index in [-0.39, 0.29) is 0 Å². The van der Waals surface area contributed by atoms with Crippen molar-refractivity contribution in [1.82, 2.24) is 5.32 Å². The molecule has 0 bridgehead atoms. The molecule has 0 unspecified atom stereocenters. The van der Waals surface area contributed by atoms with E-state index in [9.17, 15) is 40.8 Å². The number of rotatable bonds is 6. The van der Waals surface area contributed by atoms with Crippen molar-refractivity contribution in [2.75, 3.05) is 14.2 Å². The number of aliphatic hydroxyl groups excluding tert-OH is 1.